The van der Waals surface area contributed by atoms with E-state index in [1.165, 1.54) is 17.0 Å². The van der Waals surface area contributed by atoms with E-state index in [1.54, 1.807) is 42.5 Å². The van der Waals surface area contributed by atoms with Gasteiger partial charge in [-0.15, -0.1) is 0 Å². The maximum atomic E-state index is 12.8. The molecule has 0 bridgehead atoms. The topological polar surface area (TPSA) is 89.7 Å². The summed E-state index contributed by atoms with van der Waals surface area (Å²) < 4.78 is 6.57. The molecule has 0 N–H and O–H groups in total. The van der Waals surface area contributed by atoms with Gasteiger partial charge in [-0.2, -0.15) is 0 Å². The summed E-state index contributed by atoms with van der Waals surface area (Å²) in [5, 5.41) is 10.4. The standard InChI is InChI=1S/C24H17BrN2O5S/c25-21-4-2-1-3-18(21)14-26-23(28)22(33-24(26)29)13-16-7-11-20(12-8-16)32-15-17-5-9-19(10-6-17)27(30)31/h1-13H,14-15H2/b22-13+. The summed E-state index contributed by atoms with van der Waals surface area (Å²) >= 11 is 4.37. The van der Waals surface area contributed by atoms with Gasteiger partial charge in [0.15, 0.2) is 0 Å². The maximum absolute atomic E-state index is 12.8. The van der Waals surface area contributed by atoms with Crippen LogP contribution in [-0.4, -0.2) is 21.0 Å². The van der Waals surface area contributed by atoms with E-state index in [0.717, 1.165) is 32.9 Å². The first-order valence-electron chi connectivity index (χ1n) is 9.86. The monoisotopic (exact) mass is 524 g/mol. The molecule has 1 fully saturated rings. The summed E-state index contributed by atoms with van der Waals surface area (Å²) in [6.45, 7) is 0.476. The number of amides is 2. The number of rotatable bonds is 7. The second-order valence-corrected chi connectivity index (χ2v) is 8.99. The van der Waals surface area contributed by atoms with Crippen molar-refractivity contribution in [3.05, 3.63) is 109 Å². The van der Waals surface area contributed by atoms with E-state index in [-0.39, 0.29) is 30.0 Å². The smallest absolute Gasteiger partial charge is 0.293 e. The number of carbonyl (C=O) groups excluding carboxylic acids is 2. The molecule has 33 heavy (non-hydrogen) atoms. The lowest BCUT2D eigenvalue weighted by atomic mass is 10.2. The number of nitrogens with zero attached hydrogens (tertiary/aromatic N) is 2. The Kier molecular flexibility index (Phi) is 6.90. The van der Waals surface area contributed by atoms with Crippen LogP contribution in [0.15, 0.2) is 82.2 Å². The van der Waals surface area contributed by atoms with Crippen LogP contribution in [0, 0.1) is 10.1 Å². The Labute approximate surface area is 202 Å². The predicted octanol–water partition coefficient (Wildman–Crippen LogP) is 6.17. The Morgan fingerprint density at radius 2 is 1.70 bits per heavy atom. The highest BCUT2D eigenvalue weighted by Crippen LogP contribution is 2.34. The number of nitro benzene ring substituents is 1. The van der Waals surface area contributed by atoms with Gasteiger partial charge in [0, 0.05) is 16.6 Å². The van der Waals surface area contributed by atoms with E-state index < -0.39 is 4.92 Å². The second kappa shape index (κ2) is 10.0. The van der Waals surface area contributed by atoms with Gasteiger partial charge in [0.2, 0.25) is 0 Å². The molecule has 9 heteroatoms. The molecule has 4 rings (SSSR count). The van der Waals surface area contributed by atoms with Crippen LogP contribution >= 0.6 is 27.7 Å². The minimum absolute atomic E-state index is 0.0314. The van der Waals surface area contributed by atoms with Gasteiger partial charge in [-0.05, 0) is 64.9 Å². The van der Waals surface area contributed by atoms with Crippen LogP contribution in [0.5, 0.6) is 5.75 Å². The highest BCUT2D eigenvalue weighted by molar-refractivity contribution is 9.10. The van der Waals surface area contributed by atoms with Crippen LogP contribution in [0.2, 0.25) is 0 Å². The quantitative estimate of drug-likeness (QED) is 0.208. The Balaban J connectivity index is 1.39. The van der Waals surface area contributed by atoms with E-state index in [9.17, 15) is 19.7 Å². The Bertz CT molecular complexity index is 1240. The molecule has 0 aliphatic carbocycles. The van der Waals surface area contributed by atoms with Crippen molar-refractivity contribution in [3.63, 3.8) is 0 Å². The van der Waals surface area contributed by atoms with Crippen molar-refractivity contribution < 1.29 is 19.2 Å². The van der Waals surface area contributed by atoms with Gasteiger partial charge in [0.1, 0.15) is 12.4 Å². The summed E-state index contributed by atoms with van der Waals surface area (Å²) in [7, 11) is 0. The Hall–Kier alpha value is -3.43. The van der Waals surface area contributed by atoms with Crippen molar-refractivity contribution in [3.8, 4) is 5.75 Å². The SMILES string of the molecule is O=C1S/C(=C/c2ccc(OCc3ccc([N+](=O)[O-])cc3)cc2)C(=O)N1Cc1ccccc1Br. The molecule has 0 spiro atoms. The van der Waals surface area contributed by atoms with Gasteiger partial charge < -0.3 is 4.74 Å². The molecule has 1 aliphatic rings. The van der Waals surface area contributed by atoms with Crippen molar-refractivity contribution in [1.29, 1.82) is 0 Å². The number of carbonyl (C=O) groups is 2. The van der Waals surface area contributed by atoms with Crippen molar-refractivity contribution in [2.24, 2.45) is 0 Å². The first kappa shape index (κ1) is 22.8. The fraction of sp³-hybridized carbons (Fsp3) is 0.0833. The minimum atomic E-state index is -0.446. The molecule has 1 aliphatic heterocycles. The van der Waals surface area contributed by atoms with Gasteiger partial charge in [0.05, 0.1) is 16.4 Å². The number of ether oxygens (including phenoxy) is 1. The molecule has 3 aromatic carbocycles. The van der Waals surface area contributed by atoms with Crippen LogP contribution in [0.3, 0.4) is 0 Å². The molecular weight excluding hydrogens is 508 g/mol. The first-order chi connectivity index (χ1) is 15.9. The van der Waals surface area contributed by atoms with E-state index in [4.69, 9.17) is 4.74 Å². The number of benzene rings is 3. The molecular formula is C24H17BrN2O5S. The number of hydrogen-bond donors (Lipinski definition) is 0. The lowest BCUT2D eigenvalue weighted by Crippen LogP contribution is -2.27. The number of halogens is 1. The minimum Gasteiger partial charge on any atom is -0.489 e. The summed E-state index contributed by atoms with van der Waals surface area (Å²) in [4.78, 5) is 37.0. The lowest BCUT2D eigenvalue weighted by Gasteiger charge is -2.13. The third-order valence-corrected chi connectivity index (χ3v) is 6.57. The lowest BCUT2D eigenvalue weighted by molar-refractivity contribution is -0.384. The van der Waals surface area contributed by atoms with Crippen molar-refractivity contribution in [2.75, 3.05) is 0 Å². The van der Waals surface area contributed by atoms with Crippen LogP contribution in [0.25, 0.3) is 6.08 Å². The normalized spacial score (nSPS) is 14.7. The van der Waals surface area contributed by atoms with Crippen LogP contribution in [-0.2, 0) is 17.9 Å². The third kappa shape index (κ3) is 5.50. The Morgan fingerprint density at radius 1 is 1.00 bits per heavy atom. The van der Waals surface area contributed by atoms with E-state index in [0.29, 0.717) is 10.7 Å². The molecule has 0 saturated carbocycles. The maximum Gasteiger partial charge on any atom is 0.293 e. The molecule has 1 heterocycles. The fourth-order valence-corrected chi connectivity index (χ4v) is 4.37. The summed E-state index contributed by atoms with van der Waals surface area (Å²) in [6, 6.07) is 20.8. The number of thioether (sulfide) groups is 1. The summed E-state index contributed by atoms with van der Waals surface area (Å²) in [5.74, 6) is 0.298. The molecule has 0 atom stereocenters. The highest BCUT2D eigenvalue weighted by atomic mass is 79.9. The Morgan fingerprint density at radius 3 is 2.36 bits per heavy atom. The number of imide groups is 1. The van der Waals surface area contributed by atoms with Gasteiger partial charge >= 0.3 is 0 Å². The van der Waals surface area contributed by atoms with Crippen LogP contribution < -0.4 is 4.74 Å². The summed E-state index contributed by atoms with van der Waals surface area (Å²) in [6.07, 6.45) is 1.69. The zero-order valence-corrected chi connectivity index (χ0v) is 19.5. The van der Waals surface area contributed by atoms with Gasteiger partial charge in [-0.3, -0.25) is 24.6 Å². The average molecular weight is 525 g/mol. The molecule has 0 unspecified atom stereocenters. The number of nitro groups is 1. The predicted molar refractivity (Wildman–Crippen MR) is 130 cm³/mol. The molecule has 166 valence electrons. The zero-order chi connectivity index (χ0) is 23.4. The third-order valence-electron chi connectivity index (χ3n) is 4.89. The average Bonchev–Trinajstić information content (AvgIpc) is 3.07. The second-order valence-electron chi connectivity index (χ2n) is 7.14. The molecule has 1 saturated heterocycles. The molecule has 2 amide bonds. The summed E-state index contributed by atoms with van der Waals surface area (Å²) in [5.41, 5.74) is 2.46. The molecule has 0 aromatic heterocycles. The first-order valence-corrected chi connectivity index (χ1v) is 11.5. The molecule has 3 aromatic rings. The molecule has 0 radical (unpaired) electrons. The van der Waals surface area contributed by atoms with E-state index in [2.05, 4.69) is 15.9 Å². The van der Waals surface area contributed by atoms with Crippen molar-refractivity contribution in [1.82, 2.24) is 4.90 Å². The largest absolute Gasteiger partial charge is 0.489 e. The van der Waals surface area contributed by atoms with Crippen molar-refractivity contribution in [2.45, 2.75) is 13.2 Å². The zero-order valence-electron chi connectivity index (χ0n) is 17.1. The van der Waals surface area contributed by atoms with Crippen LogP contribution in [0.4, 0.5) is 10.5 Å². The fourth-order valence-electron chi connectivity index (χ4n) is 3.13. The number of non-ortho nitro benzene ring substituents is 1. The van der Waals surface area contributed by atoms with Gasteiger partial charge in [0.25, 0.3) is 16.8 Å². The number of hydrogen-bond acceptors (Lipinski definition) is 6. The van der Waals surface area contributed by atoms with Gasteiger partial charge in [-0.1, -0.05) is 46.3 Å². The molecule has 7 nitrogen and oxygen atoms in total. The van der Waals surface area contributed by atoms with Crippen molar-refractivity contribution >= 4 is 50.6 Å². The van der Waals surface area contributed by atoms with Crippen LogP contribution in [0.1, 0.15) is 16.7 Å². The van der Waals surface area contributed by atoms with E-state index in [1.807, 2.05) is 24.3 Å². The van der Waals surface area contributed by atoms with Gasteiger partial charge in [-0.25, -0.2) is 0 Å². The highest BCUT2D eigenvalue weighted by Gasteiger charge is 2.35. The van der Waals surface area contributed by atoms with E-state index >= 15 is 0 Å².